The quantitative estimate of drug-likeness (QED) is 0.865. The van der Waals surface area contributed by atoms with Crippen LogP contribution >= 0.6 is 11.6 Å². The summed E-state index contributed by atoms with van der Waals surface area (Å²) in [5, 5.41) is 8.60. The van der Waals surface area contributed by atoms with Crippen molar-refractivity contribution in [1.82, 2.24) is 0 Å². The van der Waals surface area contributed by atoms with Gasteiger partial charge >= 0.3 is 11.5 Å². The van der Waals surface area contributed by atoms with Crippen molar-refractivity contribution in [2.75, 3.05) is 4.72 Å². The van der Waals surface area contributed by atoms with Gasteiger partial charge < -0.3 is 5.11 Å². The van der Waals surface area contributed by atoms with Crippen molar-refractivity contribution in [2.45, 2.75) is 5.50 Å². The minimum absolute atomic E-state index is 0.0355. The molecule has 8 heteroatoms. The summed E-state index contributed by atoms with van der Waals surface area (Å²) in [6, 6.07) is 5.34. The fourth-order valence-electron chi connectivity index (χ4n) is 0.867. The van der Waals surface area contributed by atoms with E-state index in [0.717, 1.165) is 0 Å². The standard InChI is InChI=1S/C8H7ClFNO4S/c9-5-1-3-6(4-2-5)11-16(14,15)7(10)8(12)13/h1-4,7,11H,(H,12,13). The summed E-state index contributed by atoms with van der Waals surface area (Å²) in [5.41, 5.74) is -2.98. The van der Waals surface area contributed by atoms with Crippen molar-refractivity contribution in [3.63, 3.8) is 0 Å². The van der Waals surface area contributed by atoms with Crippen LogP contribution in [0.1, 0.15) is 0 Å². The number of rotatable bonds is 4. The highest BCUT2D eigenvalue weighted by atomic mass is 35.5. The first-order valence-corrected chi connectivity index (χ1v) is 5.89. The van der Waals surface area contributed by atoms with Gasteiger partial charge in [-0.25, -0.2) is 17.6 Å². The van der Waals surface area contributed by atoms with Crippen molar-refractivity contribution in [3.8, 4) is 0 Å². The predicted octanol–water partition coefficient (Wildman–Crippen LogP) is 1.46. The van der Waals surface area contributed by atoms with Gasteiger partial charge in [0.15, 0.2) is 0 Å². The molecular formula is C8H7ClFNO4S. The Morgan fingerprint density at radius 2 is 1.88 bits per heavy atom. The lowest BCUT2D eigenvalue weighted by atomic mass is 10.3. The van der Waals surface area contributed by atoms with Crippen LogP contribution in [0.2, 0.25) is 5.02 Å². The number of carbonyl (C=O) groups is 1. The molecule has 0 aromatic heterocycles. The third kappa shape index (κ3) is 3.07. The maximum atomic E-state index is 12.8. The summed E-state index contributed by atoms with van der Waals surface area (Å²) in [4.78, 5) is 10.2. The number of halogens is 2. The highest BCUT2D eigenvalue weighted by Crippen LogP contribution is 2.16. The summed E-state index contributed by atoms with van der Waals surface area (Å²) in [5.74, 6) is -2.07. The van der Waals surface area contributed by atoms with E-state index in [0.29, 0.717) is 5.02 Å². The van der Waals surface area contributed by atoms with Crippen LogP contribution in [0.25, 0.3) is 0 Å². The third-order valence-electron chi connectivity index (χ3n) is 1.57. The first kappa shape index (κ1) is 12.7. The molecule has 0 fully saturated rings. The Balaban J connectivity index is 2.89. The van der Waals surface area contributed by atoms with E-state index in [2.05, 4.69) is 0 Å². The highest BCUT2D eigenvalue weighted by molar-refractivity contribution is 7.93. The summed E-state index contributed by atoms with van der Waals surface area (Å²) in [6.45, 7) is 0. The summed E-state index contributed by atoms with van der Waals surface area (Å²) >= 11 is 5.55. The molecule has 0 aliphatic heterocycles. The molecule has 0 bridgehead atoms. The molecule has 1 unspecified atom stereocenters. The van der Waals surface area contributed by atoms with Crippen LogP contribution in [0.5, 0.6) is 0 Å². The molecule has 0 saturated carbocycles. The van der Waals surface area contributed by atoms with Crippen LogP contribution in [0.4, 0.5) is 10.1 Å². The van der Waals surface area contributed by atoms with Crippen molar-refractivity contribution in [2.24, 2.45) is 0 Å². The Kier molecular flexibility index (Phi) is 3.71. The van der Waals surface area contributed by atoms with Gasteiger partial charge in [0.25, 0.3) is 10.0 Å². The van der Waals surface area contributed by atoms with Crippen LogP contribution in [-0.2, 0) is 14.8 Å². The highest BCUT2D eigenvalue weighted by Gasteiger charge is 2.32. The summed E-state index contributed by atoms with van der Waals surface area (Å²) < 4.78 is 36.8. The molecule has 5 nitrogen and oxygen atoms in total. The number of carboxylic acid groups (broad SMARTS) is 1. The normalized spacial score (nSPS) is 13.1. The van der Waals surface area contributed by atoms with Gasteiger partial charge in [0, 0.05) is 10.7 Å². The molecule has 2 N–H and O–H groups in total. The van der Waals surface area contributed by atoms with Crippen LogP contribution in [0.15, 0.2) is 24.3 Å². The average Bonchev–Trinajstić information content (AvgIpc) is 2.20. The Bertz CT molecular complexity index is 487. The maximum Gasteiger partial charge on any atom is 0.356 e. The van der Waals surface area contributed by atoms with Crippen molar-refractivity contribution in [1.29, 1.82) is 0 Å². The van der Waals surface area contributed by atoms with Crippen molar-refractivity contribution in [3.05, 3.63) is 29.3 Å². The van der Waals surface area contributed by atoms with E-state index in [9.17, 15) is 17.6 Å². The van der Waals surface area contributed by atoms with Crippen molar-refractivity contribution < 1.29 is 22.7 Å². The van der Waals surface area contributed by atoms with E-state index in [1.165, 1.54) is 24.3 Å². The van der Waals surface area contributed by atoms with Crippen LogP contribution in [0, 0.1) is 0 Å². The molecule has 0 amide bonds. The number of anilines is 1. The predicted molar refractivity (Wildman–Crippen MR) is 56.5 cm³/mol. The van der Waals surface area contributed by atoms with E-state index >= 15 is 0 Å². The van der Waals surface area contributed by atoms with Gasteiger partial charge in [-0.2, -0.15) is 0 Å². The van der Waals surface area contributed by atoms with Gasteiger partial charge in [0.1, 0.15) is 0 Å². The number of benzene rings is 1. The Morgan fingerprint density at radius 1 is 1.38 bits per heavy atom. The molecule has 0 heterocycles. The molecule has 1 aromatic rings. The number of nitrogens with one attached hydrogen (secondary N) is 1. The number of hydrogen-bond donors (Lipinski definition) is 2. The fourth-order valence-corrected chi connectivity index (χ4v) is 1.83. The largest absolute Gasteiger partial charge is 0.478 e. The maximum absolute atomic E-state index is 12.8. The minimum atomic E-state index is -4.58. The van der Waals surface area contributed by atoms with Crippen LogP contribution in [-0.4, -0.2) is 25.0 Å². The monoisotopic (exact) mass is 267 g/mol. The molecule has 0 saturated heterocycles. The zero-order chi connectivity index (χ0) is 12.3. The molecule has 16 heavy (non-hydrogen) atoms. The summed E-state index contributed by atoms with van der Waals surface area (Å²) in [6.07, 6.45) is 0. The van der Waals surface area contributed by atoms with Crippen molar-refractivity contribution >= 4 is 33.3 Å². The minimum Gasteiger partial charge on any atom is -0.478 e. The topological polar surface area (TPSA) is 83.5 Å². The lowest BCUT2D eigenvalue weighted by Crippen LogP contribution is -2.30. The molecule has 1 atom stereocenters. The van der Waals surface area contributed by atoms with Gasteiger partial charge in [-0.1, -0.05) is 11.6 Å². The summed E-state index contributed by atoms with van der Waals surface area (Å²) in [7, 11) is -4.58. The van der Waals surface area contributed by atoms with E-state index in [-0.39, 0.29) is 5.69 Å². The lowest BCUT2D eigenvalue weighted by molar-refractivity contribution is -0.139. The molecule has 0 aliphatic carbocycles. The average molecular weight is 268 g/mol. The first-order chi connectivity index (χ1) is 7.33. The SMILES string of the molecule is O=C(O)C(F)S(=O)(=O)Nc1ccc(Cl)cc1. The second-order valence-electron chi connectivity index (χ2n) is 2.81. The first-order valence-electron chi connectivity index (χ1n) is 3.97. The molecule has 0 aliphatic rings. The van der Waals surface area contributed by atoms with E-state index in [1.54, 1.807) is 4.72 Å². The molecule has 1 aromatic carbocycles. The second-order valence-corrected chi connectivity index (χ2v) is 4.95. The number of hydrogen-bond acceptors (Lipinski definition) is 3. The molecule has 0 spiro atoms. The van der Waals surface area contributed by atoms with Gasteiger partial charge in [0.2, 0.25) is 0 Å². The van der Waals surface area contributed by atoms with Gasteiger partial charge in [-0.15, -0.1) is 0 Å². The van der Waals surface area contributed by atoms with Crippen LogP contribution < -0.4 is 4.72 Å². The number of sulfonamides is 1. The van der Waals surface area contributed by atoms with E-state index in [4.69, 9.17) is 16.7 Å². The van der Waals surface area contributed by atoms with E-state index in [1.807, 2.05) is 0 Å². The smallest absolute Gasteiger partial charge is 0.356 e. The fraction of sp³-hybridized carbons (Fsp3) is 0.125. The Labute approximate surface area is 95.9 Å². The van der Waals surface area contributed by atoms with Gasteiger partial charge in [0.05, 0.1) is 0 Å². The third-order valence-corrected chi connectivity index (χ3v) is 3.09. The number of aliphatic carboxylic acids is 1. The van der Waals surface area contributed by atoms with E-state index < -0.39 is 21.5 Å². The number of carboxylic acids is 1. The lowest BCUT2D eigenvalue weighted by Gasteiger charge is -2.08. The van der Waals surface area contributed by atoms with Crippen LogP contribution in [0.3, 0.4) is 0 Å². The molecular weight excluding hydrogens is 261 g/mol. The zero-order valence-electron chi connectivity index (χ0n) is 7.72. The Morgan fingerprint density at radius 3 is 2.31 bits per heavy atom. The molecule has 1 rings (SSSR count). The van der Waals surface area contributed by atoms with Gasteiger partial charge in [-0.3, -0.25) is 4.72 Å². The number of alkyl halides is 1. The molecule has 0 radical (unpaired) electrons. The second kappa shape index (κ2) is 4.67. The molecule has 88 valence electrons. The van der Waals surface area contributed by atoms with Gasteiger partial charge in [-0.05, 0) is 24.3 Å². The zero-order valence-corrected chi connectivity index (χ0v) is 9.30. The Hall–Kier alpha value is -1.34.